The van der Waals surface area contributed by atoms with Crippen molar-refractivity contribution in [3.05, 3.63) is 35.9 Å². The van der Waals surface area contributed by atoms with Crippen LogP contribution in [0.15, 0.2) is 30.3 Å². The van der Waals surface area contributed by atoms with Gasteiger partial charge in [0.1, 0.15) is 5.38 Å². The standard InChI is InChI=1S/C14H20ClNO/c1-10(2)16-14(17)13(15)9-11(3)12-7-5-4-6-8-12/h4-8,10-11,13H,9H2,1-3H3,(H,16,17). The number of benzene rings is 1. The monoisotopic (exact) mass is 253 g/mol. The van der Waals surface area contributed by atoms with Gasteiger partial charge in [-0.1, -0.05) is 37.3 Å². The quantitative estimate of drug-likeness (QED) is 0.802. The predicted octanol–water partition coefficient (Wildman–Crippen LogP) is 3.31. The van der Waals surface area contributed by atoms with Gasteiger partial charge in [-0.25, -0.2) is 0 Å². The molecule has 2 unspecified atom stereocenters. The predicted molar refractivity (Wildman–Crippen MR) is 72.4 cm³/mol. The molecular weight excluding hydrogens is 234 g/mol. The molecule has 0 radical (unpaired) electrons. The van der Waals surface area contributed by atoms with Crippen LogP contribution in [0.1, 0.15) is 38.7 Å². The SMILES string of the molecule is CC(C)NC(=O)C(Cl)CC(C)c1ccccc1. The summed E-state index contributed by atoms with van der Waals surface area (Å²) in [5, 5.41) is 2.36. The van der Waals surface area contributed by atoms with Gasteiger partial charge in [0.15, 0.2) is 0 Å². The second-order valence-electron chi connectivity index (χ2n) is 4.68. The van der Waals surface area contributed by atoms with Crippen molar-refractivity contribution in [3.8, 4) is 0 Å². The van der Waals surface area contributed by atoms with E-state index in [-0.39, 0.29) is 17.9 Å². The smallest absolute Gasteiger partial charge is 0.238 e. The molecule has 0 heterocycles. The first kappa shape index (κ1) is 14.0. The van der Waals surface area contributed by atoms with E-state index < -0.39 is 5.38 Å². The van der Waals surface area contributed by atoms with Crippen molar-refractivity contribution < 1.29 is 4.79 Å². The maximum atomic E-state index is 11.7. The van der Waals surface area contributed by atoms with Gasteiger partial charge in [-0.15, -0.1) is 11.6 Å². The van der Waals surface area contributed by atoms with Crippen molar-refractivity contribution in [2.24, 2.45) is 0 Å². The van der Waals surface area contributed by atoms with E-state index in [1.165, 1.54) is 5.56 Å². The van der Waals surface area contributed by atoms with E-state index in [0.717, 1.165) is 0 Å². The van der Waals surface area contributed by atoms with E-state index in [0.29, 0.717) is 6.42 Å². The number of amides is 1. The Morgan fingerprint density at radius 3 is 2.35 bits per heavy atom. The molecule has 2 nitrogen and oxygen atoms in total. The van der Waals surface area contributed by atoms with Crippen LogP contribution in [0.4, 0.5) is 0 Å². The zero-order valence-electron chi connectivity index (χ0n) is 10.6. The van der Waals surface area contributed by atoms with Gasteiger partial charge in [0.05, 0.1) is 0 Å². The molecule has 0 aromatic heterocycles. The van der Waals surface area contributed by atoms with Crippen LogP contribution in [0.5, 0.6) is 0 Å². The van der Waals surface area contributed by atoms with E-state index >= 15 is 0 Å². The summed E-state index contributed by atoms with van der Waals surface area (Å²) in [7, 11) is 0. The molecule has 0 aliphatic rings. The molecule has 0 saturated carbocycles. The van der Waals surface area contributed by atoms with Crippen LogP contribution < -0.4 is 5.32 Å². The van der Waals surface area contributed by atoms with E-state index in [9.17, 15) is 4.79 Å². The summed E-state index contributed by atoms with van der Waals surface area (Å²) in [6.07, 6.45) is 0.657. The molecule has 0 saturated heterocycles. The molecule has 0 aliphatic carbocycles. The fourth-order valence-corrected chi connectivity index (χ4v) is 2.04. The van der Waals surface area contributed by atoms with Crippen molar-refractivity contribution in [2.75, 3.05) is 0 Å². The molecule has 0 fully saturated rings. The molecule has 1 aromatic rings. The van der Waals surface area contributed by atoms with Gasteiger partial charge >= 0.3 is 0 Å². The maximum absolute atomic E-state index is 11.7. The Kier molecular flexibility index (Phi) is 5.49. The summed E-state index contributed by atoms with van der Waals surface area (Å²) in [5.74, 6) is 0.209. The van der Waals surface area contributed by atoms with Crippen LogP contribution in [0.3, 0.4) is 0 Å². The Balaban J connectivity index is 2.51. The fraction of sp³-hybridized carbons (Fsp3) is 0.500. The number of hydrogen-bond donors (Lipinski definition) is 1. The van der Waals surface area contributed by atoms with E-state index in [1.54, 1.807) is 0 Å². The number of nitrogens with one attached hydrogen (secondary N) is 1. The minimum absolute atomic E-state index is 0.0792. The summed E-state index contributed by atoms with van der Waals surface area (Å²) in [4.78, 5) is 11.7. The average Bonchev–Trinajstić information content (AvgIpc) is 2.29. The van der Waals surface area contributed by atoms with Gasteiger partial charge < -0.3 is 5.32 Å². The van der Waals surface area contributed by atoms with Gasteiger partial charge in [-0.2, -0.15) is 0 Å². The Morgan fingerprint density at radius 1 is 1.24 bits per heavy atom. The molecule has 94 valence electrons. The summed E-state index contributed by atoms with van der Waals surface area (Å²) in [6, 6.07) is 10.3. The number of alkyl halides is 1. The summed E-state index contributed by atoms with van der Waals surface area (Å²) in [6.45, 7) is 5.96. The highest BCUT2D eigenvalue weighted by Gasteiger charge is 2.19. The number of halogens is 1. The summed E-state index contributed by atoms with van der Waals surface area (Å²) >= 11 is 6.11. The molecule has 1 N–H and O–H groups in total. The van der Waals surface area contributed by atoms with Gasteiger partial charge in [0.25, 0.3) is 0 Å². The van der Waals surface area contributed by atoms with Crippen LogP contribution in [0.25, 0.3) is 0 Å². The zero-order chi connectivity index (χ0) is 12.8. The maximum Gasteiger partial charge on any atom is 0.238 e. The van der Waals surface area contributed by atoms with Crippen molar-refractivity contribution in [1.29, 1.82) is 0 Å². The van der Waals surface area contributed by atoms with Crippen LogP contribution in [-0.2, 0) is 4.79 Å². The van der Waals surface area contributed by atoms with Crippen LogP contribution in [0.2, 0.25) is 0 Å². The van der Waals surface area contributed by atoms with Crippen LogP contribution in [-0.4, -0.2) is 17.3 Å². The fourth-order valence-electron chi connectivity index (χ4n) is 1.71. The summed E-state index contributed by atoms with van der Waals surface area (Å²) in [5.41, 5.74) is 1.22. The lowest BCUT2D eigenvalue weighted by Gasteiger charge is -2.17. The Bertz CT molecular complexity index is 350. The lowest BCUT2D eigenvalue weighted by Crippen LogP contribution is -2.36. The van der Waals surface area contributed by atoms with Gasteiger partial charge in [0, 0.05) is 6.04 Å². The molecule has 2 atom stereocenters. The van der Waals surface area contributed by atoms with Gasteiger partial charge in [0.2, 0.25) is 5.91 Å². The lowest BCUT2D eigenvalue weighted by atomic mass is 9.96. The van der Waals surface area contributed by atoms with Crippen molar-refractivity contribution in [1.82, 2.24) is 5.32 Å². The third kappa shape index (κ3) is 4.78. The zero-order valence-corrected chi connectivity index (χ0v) is 11.4. The summed E-state index contributed by atoms with van der Waals surface area (Å²) < 4.78 is 0. The molecule has 1 rings (SSSR count). The second kappa shape index (κ2) is 6.65. The van der Waals surface area contributed by atoms with Gasteiger partial charge in [-0.3, -0.25) is 4.79 Å². The Morgan fingerprint density at radius 2 is 1.82 bits per heavy atom. The molecule has 1 amide bonds. The molecule has 0 aliphatic heterocycles. The molecule has 0 spiro atoms. The highest BCUT2D eigenvalue weighted by Crippen LogP contribution is 2.22. The van der Waals surface area contributed by atoms with E-state index in [4.69, 9.17) is 11.6 Å². The molecular formula is C14H20ClNO. The number of carbonyl (C=O) groups is 1. The molecule has 1 aromatic carbocycles. The Labute approximate surface area is 108 Å². The molecule has 17 heavy (non-hydrogen) atoms. The first-order chi connectivity index (χ1) is 8.00. The minimum atomic E-state index is -0.465. The first-order valence-corrected chi connectivity index (χ1v) is 6.43. The van der Waals surface area contributed by atoms with Crippen molar-refractivity contribution in [3.63, 3.8) is 0 Å². The molecule has 0 bridgehead atoms. The molecule has 3 heteroatoms. The van der Waals surface area contributed by atoms with E-state index in [1.807, 2.05) is 32.0 Å². The highest BCUT2D eigenvalue weighted by molar-refractivity contribution is 6.30. The first-order valence-electron chi connectivity index (χ1n) is 6.00. The topological polar surface area (TPSA) is 29.1 Å². The van der Waals surface area contributed by atoms with Gasteiger partial charge in [-0.05, 0) is 31.7 Å². The highest BCUT2D eigenvalue weighted by atomic mass is 35.5. The average molecular weight is 254 g/mol. The van der Waals surface area contributed by atoms with Crippen LogP contribution >= 0.6 is 11.6 Å². The second-order valence-corrected chi connectivity index (χ2v) is 5.21. The largest absolute Gasteiger partial charge is 0.353 e. The third-order valence-electron chi connectivity index (χ3n) is 2.64. The number of hydrogen-bond acceptors (Lipinski definition) is 1. The number of rotatable bonds is 5. The van der Waals surface area contributed by atoms with E-state index in [2.05, 4.69) is 24.4 Å². The number of carbonyl (C=O) groups excluding carboxylic acids is 1. The normalized spacial score (nSPS) is 14.4. The lowest BCUT2D eigenvalue weighted by molar-refractivity contribution is -0.121. The Hall–Kier alpha value is -1.02. The van der Waals surface area contributed by atoms with Crippen molar-refractivity contribution in [2.45, 2.75) is 44.5 Å². The van der Waals surface area contributed by atoms with Crippen LogP contribution in [0, 0.1) is 0 Å². The third-order valence-corrected chi connectivity index (χ3v) is 3.02. The van der Waals surface area contributed by atoms with Crippen molar-refractivity contribution >= 4 is 17.5 Å². The minimum Gasteiger partial charge on any atom is -0.353 e.